The molecule has 0 radical (unpaired) electrons. The third kappa shape index (κ3) is 4.10. The highest BCUT2D eigenvalue weighted by Gasteiger charge is 2.21. The maximum Gasteiger partial charge on any atom is 0.157 e. The summed E-state index contributed by atoms with van der Waals surface area (Å²) in [5.41, 5.74) is 0. The van der Waals surface area contributed by atoms with Gasteiger partial charge in [0.25, 0.3) is 0 Å². The minimum absolute atomic E-state index is 0.408. The topological polar surface area (TPSA) is 29.5 Å². The lowest BCUT2D eigenvalue weighted by atomic mass is 9.89. The first-order valence-corrected chi connectivity index (χ1v) is 5.64. The second-order valence-corrected chi connectivity index (χ2v) is 4.01. The van der Waals surface area contributed by atoms with Crippen molar-refractivity contribution in [3.05, 3.63) is 0 Å². The molecule has 0 aliphatic heterocycles. The molecule has 0 aromatic heterocycles. The molecule has 1 rings (SSSR count). The maximum atomic E-state index is 9.68. The molecule has 0 saturated heterocycles. The number of hydrogen-bond donors (Lipinski definition) is 1. The van der Waals surface area contributed by atoms with Gasteiger partial charge >= 0.3 is 0 Å². The van der Waals surface area contributed by atoms with Gasteiger partial charge < -0.3 is 9.84 Å². The molecular weight excluding hydrogens is 164 g/mol. The molecule has 1 unspecified atom stereocenters. The van der Waals surface area contributed by atoms with Gasteiger partial charge in [0.1, 0.15) is 0 Å². The molecule has 0 amide bonds. The fourth-order valence-electron chi connectivity index (χ4n) is 1.90. The summed E-state index contributed by atoms with van der Waals surface area (Å²) in [6.07, 6.45) is 7.85. The third-order valence-corrected chi connectivity index (χ3v) is 2.84. The van der Waals surface area contributed by atoms with Crippen LogP contribution < -0.4 is 0 Å². The molecule has 0 aromatic rings. The summed E-state index contributed by atoms with van der Waals surface area (Å²) in [6, 6.07) is 0. The highest BCUT2D eigenvalue weighted by molar-refractivity contribution is 4.67. The van der Waals surface area contributed by atoms with Gasteiger partial charge in [0, 0.05) is 12.5 Å². The van der Waals surface area contributed by atoms with Crippen molar-refractivity contribution >= 4 is 0 Å². The number of rotatable bonds is 5. The summed E-state index contributed by atoms with van der Waals surface area (Å²) >= 11 is 0. The minimum atomic E-state index is -0.494. The number of unbranched alkanes of at least 4 members (excludes halogenated alkanes) is 1. The Bertz CT molecular complexity index is 119. The highest BCUT2D eigenvalue weighted by Crippen LogP contribution is 2.26. The van der Waals surface area contributed by atoms with E-state index in [1.807, 2.05) is 0 Å². The summed E-state index contributed by atoms with van der Waals surface area (Å²) in [5, 5.41) is 9.68. The SMILES string of the molecule is CCCCOC(O)C1CCCCC1. The van der Waals surface area contributed by atoms with Crippen molar-refractivity contribution < 1.29 is 9.84 Å². The van der Waals surface area contributed by atoms with Crippen LogP contribution in [0.3, 0.4) is 0 Å². The van der Waals surface area contributed by atoms with Gasteiger partial charge in [0.05, 0.1) is 0 Å². The van der Waals surface area contributed by atoms with E-state index in [4.69, 9.17) is 4.74 Å². The first-order chi connectivity index (χ1) is 6.34. The summed E-state index contributed by atoms with van der Waals surface area (Å²) in [4.78, 5) is 0. The number of ether oxygens (including phenoxy) is 1. The minimum Gasteiger partial charge on any atom is -0.368 e. The van der Waals surface area contributed by atoms with Gasteiger partial charge in [-0.05, 0) is 19.3 Å². The van der Waals surface area contributed by atoms with Crippen molar-refractivity contribution in [1.29, 1.82) is 0 Å². The Balaban J connectivity index is 2.09. The Hall–Kier alpha value is -0.0800. The van der Waals surface area contributed by atoms with Gasteiger partial charge in [-0.2, -0.15) is 0 Å². The Morgan fingerprint density at radius 3 is 2.62 bits per heavy atom. The maximum absolute atomic E-state index is 9.68. The number of aliphatic hydroxyl groups excluding tert-OH is 1. The molecule has 1 aliphatic carbocycles. The van der Waals surface area contributed by atoms with Crippen LogP contribution in [0, 0.1) is 5.92 Å². The van der Waals surface area contributed by atoms with Gasteiger partial charge in [0.15, 0.2) is 6.29 Å². The molecule has 1 N–H and O–H groups in total. The van der Waals surface area contributed by atoms with Gasteiger partial charge in [-0.25, -0.2) is 0 Å². The number of aliphatic hydroxyl groups is 1. The molecule has 0 aromatic carbocycles. The van der Waals surface area contributed by atoms with Crippen LogP contribution in [0.4, 0.5) is 0 Å². The van der Waals surface area contributed by atoms with Crippen molar-refractivity contribution in [2.75, 3.05) is 6.61 Å². The second kappa shape index (κ2) is 6.39. The third-order valence-electron chi connectivity index (χ3n) is 2.84. The molecule has 2 nitrogen and oxygen atoms in total. The van der Waals surface area contributed by atoms with E-state index in [1.54, 1.807) is 0 Å². The van der Waals surface area contributed by atoms with Crippen LogP contribution in [0.2, 0.25) is 0 Å². The molecule has 2 heteroatoms. The van der Waals surface area contributed by atoms with Crippen molar-refractivity contribution in [1.82, 2.24) is 0 Å². The van der Waals surface area contributed by atoms with E-state index in [0.29, 0.717) is 12.5 Å². The Morgan fingerprint density at radius 2 is 2.00 bits per heavy atom. The van der Waals surface area contributed by atoms with Gasteiger partial charge in [-0.15, -0.1) is 0 Å². The Morgan fingerprint density at radius 1 is 1.31 bits per heavy atom. The highest BCUT2D eigenvalue weighted by atomic mass is 16.6. The normalized spacial score (nSPS) is 21.7. The summed E-state index contributed by atoms with van der Waals surface area (Å²) < 4.78 is 5.38. The van der Waals surface area contributed by atoms with Crippen molar-refractivity contribution in [2.24, 2.45) is 5.92 Å². The van der Waals surface area contributed by atoms with Crippen LogP contribution in [0.15, 0.2) is 0 Å². The smallest absolute Gasteiger partial charge is 0.157 e. The molecule has 1 saturated carbocycles. The molecule has 0 heterocycles. The van der Waals surface area contributed by atoms with Gasteiger partial charge in [0.2, 0.25) is 0 Å². The van der Waals surface area contributed by atoms with Crippen LogP contribution in [-0.2, 0) is 4.74 Å². The first-order valence-electron chi connectivity index (χ1n) is 5.64. The molecule has 1 atom stereocenters. The predicted molar refractivity (Wildman–Crippen MR) is 53.4 cm³/mol. The van der Waals surface area contributed by atoms with E-state index in [-0.39, 0.29) is 0 Å². The average Bonchev–Trinajstić information content (AvgIpc) is 2.19. The fraction of sp³-hybridized carbons (Fsp3) is 1.00. The van der Waals surface area contributed by atoms with Crippen LogP contribution >= 0.6 is 0 Å². The van der Waals surface area contributed by atoms with Crippen LogP contribution in [-0.4, -0.2) is 18.0 Å². The van der Waals surface area contributed by atoms with E-state index >= 15 is 0 Å². The zero-order valence-electron chi connectivity index (χ0n) is 8.67. The zero-order valence-corrected chi connectivity index (χ0v) is 8.67. The lowest BCUT2D eigenvalue weighted by Crippen LogP contribution is -2.26. The monoisotopic (exact) mass is 186 g/mol. The molecule has 1 aliphatic rings. The molecule has 0 bridgehead atoms. The van der Waals surface area contributed by atoms with Crippen molar-refractivity contribution in [2.45, 2.75) is 58.2 Å². The molecule has 78 valence electrons. The van der Waals surface area contributed by atoms with Crippen molar-refractivity contribution in [3.8, 4) is 0 Å². The van der Waals surface area contributed by atoms with Crippen LogP contribution in [0.1, 0.15) is 51.9 Å². The summed E-state index contributed by atoms with van der Waals surface area (Å²) in [5.74, 6) is 0.408. The second-order valence-electron chi connectivity index (χ2n) is 4.01. The summed E-state index contributed by atoms with van der Waals surface area (Å²) in [6.45, 7) is 2.85. The molecular formula is C11H22O2. The molecule has 13 heavy (non-hydrogen) atoms. The standard InChI is InChI=1S/C11H22O2/c1-2-3-9-13-11(12)10-7-5-4-6-8-10/h10-12H,2-9H2,1H3. The largest absolute Gasteiger partial charge is 0.368 e. The van der Waals surface area contributed by atoms with E-state index in [9.17, 15) is 5.11 Å². The average molecular weight is 186 g/mol. The predicted octanol–water partition coefficient (Wildman–Crippen LogP) is 2.70. The zero-order chi connectivity index (χ0) is 9.52. The van der Waals surface area contributed by atoms with E-state index in [2.05, 4.69) is 6.92 Å². The van der Waals surface area contributed by atoms with E-state index in [1.165, 1.54) is 19.3 Å². The number of hydrogen-bond acceptors (Lipinski definition) is 2. The fourth-order valence-corrected chi connectivity index (χ4v) is 1.90. The molecule has 1 fully saturated rings. The lowest BCUT2D eigenvalue weighted by molar-refractivity contribution is -0.141. The quantitative estimate of drug-likeness (QED) is 0.528. The summed E-state index contributed by atoms with van der Waals surface area (Å²) in [7, 11) is 0. The van der Waals surface area contributed by atoms with Crippen LogP contribution in [0.25, 0.3) is 0 Å². The van der Waals surface area contributed by atoms with Gasteiger partial charge in [-0.1, -0.05) is 32.6 Å². The van der Waals surface area contributed by atoms with E-state index < -0.39 is 6.29 Å². The van der Waals surface area contributed by atoms with E-state index in [0.717, 1.165) is 25.7 Å². The Labute approximate surface area is 81.3 Å². The van der Waals surface area contributed by atoms with Gasteiger partial charge in [-0.3, -0.25) is 0 Å². The van der Waals surface area contributed by atoms with Crippen molar-refractivity contribution in [3.63, 3.8) is 0 Å². The van der Waals surface area contributed by atoms with Crippen LogP contribution in [0.5, 0.6) is 0 Å². The lowest BCUT2D eigenvalue weighted by Gasteiger charge is -2.26. The Kier molecular flexibility index (Phi) is 5.40. The molecule has 0 spiro atoms. The first kappa shape index (κ1) is 11.0.